The minimum absolute atomic E-state index is 0.0339. The van der Waals surface area contributed by atoms with Crippen molar-refractivity contribution in [2.24, 2.45) is 0 Å². The Bertz CT molecular complexity index is 758. The molecule has 1 aliphatic heterocycles. The van der Waals surface area contributed by atoms with E-state index in [-0.39, 0.29) is 11.8 Å². The van der Waals surface area contributed by atoms with E-state index in [4.69, 9.17) is 11.6 Å². The molecule has 2 aromatic carbocycles. The van der Waals surface area contributed by atoms with Gasteiger partial charge in [-0.2, -0.15) is 0 Å². The average molecular weight is 315 g/mol. The molecular formula is C17H15ClN2O2. The SMILES string of the molecule is CC(=O)N1CCc2cc(NC(=O)c3ccccc3Cl)ccc21. The molecule has 2 aromatic rings. The Hall–Kier alpha value is -2.33. The fraction of sp³-hybridized carbons (Fsp3) is 0.176. The van der Waals surface area contributed by atoms with E-state index >= 15 is 0 Å². The van der Waals surface area contributed by atoms with Crippen molar-refractivity contribution < 1.29 is 9.59 Å². The van der Waals surface area contributed by atoms with Gasteiger partial charge in [-0.25, -0.2) is 0 Å². The first-order valence-electron chi connectivity index (χ1n) is 7.03. The Morgan fingerprint density at radius 1 is 1.18 bits per heavy atom. The van der Waals surface area contributed by atoms with E-state index in [2.05, 4.69) is 5.32 Å². The van der Waals surface area contributed by atoms with Gasteiger partial charge in [-0.1, -0.05) is 23.7 Å². The highest BCUT2D eigenvalue weighted by Gasteiger charge is 2.22. The van der Waals surface area contributed by atoms with Gasteiger partial charge in [-0.15, -0.1) is 0 Å². The number of nitrogens with one attached hydrogen (secondary N) is 1. The first-order valence-corrected chi connectivity index (χ1v) is 7.41. The first kappa shape index (κ1) is 14.6. The lowest BCUT2D eigenvalue weighted by molar-refractivity contribution is -0.116. The lowest BCUT2D eigenvalue weighted by Crippen LogP contribution is -2.25. The minimum atomic E-state index is -0.244. The van der Waals surface area contributed by atoms with Crippen LogP contribution in [-0.4, -0.2) is 18.4 Å². The van der Waals surface area contributed by atoms with E-state index in [9.17, 15) is 9.59 Å². The number of carbonyl (C=O) groups is 2. The van der Waals surface area contributed by atoms with Gasteiger partial charge in [0, 0.05) is 24.8 Å². The quantitative estimate of drug-likeness (QED) is 0.922. The van der Waals surface area contributed by atoms with Crippen LogP contribution < -0.4 is 10.2 Å². The molecule has 0 saturated carbocycles. The molecule has 0 spiro atoms. The summed E-state index contributed by atoms with van der Waals surface area (Å²) in [5, 5.41) is 3.27. The van der Waals surface area contributed by atoms with E-state index in [1.165, 1.54) is 0 Å². The van der Waals surface area contributed by atoms with Gasteiger partial charge < -0.3 is 10.2 Å². The predicted molar refractivity (Wildman–Crippen MR) is 87.6 cm³/mol. The highest BCUT2D eigenvalue weighted by Crippen LogP contribution is 2.30. The van der Waals surface area contributed by atoms with Crippen LogP contribution in [0.1, 0.15) is 22.8 Å². The molecule has 4 nitrogen and oxygen atoms in total. The van der Waals surface area contributed by atoms with Gasteiger partial charge in [0.2, 0.25) is 5.91 Å². The molecule has 3 rings (SSSR count). The lowest BCUT2D eigenvalue weighted by Gasteiger charge is -2.15. The molecule has 0 aliphatic carbocycles. The molecule has 22 heavy (non-hydrogen) atoms. The van der Waals surface area contributed by atoms with Crippen LogP contribution in [0, 0.1) is 0 Å². The van der Waals surface area contributed by atoms with Crippen LogP contribution in [0.5, 0.6) is 0 Å². The van der Waals surface area contributed by atoms with E-state index in [0.717, 1.165) is 17.7 Å². The topological polar surface area (TPSA) is 49.4 Å². The van der Waals surface area contributed by atoms with Crippen LogP contribution in [0.4, 0.5) is 11.4 Å². The van der Waals surface area contributed by atoms with Gasteiger partial charge in [-0.05, 0) is 42.3 Å². The summed E-state index contributed by atoms with van der Waals surface area (Å²) in [7, 11) is 0. The molecule has 0 unspecified atom stereocenters. The third kappa shape index (κ3) is 2.70. The Kier molecular flexibility index (Phi) is 3.86. The van der Waals surface area contributed by atoms with Crippen molar-refractivity contribution in [2.75, 3.05) is 16.8 Å². The molecule has 1 N–H and O–H groups in total. The number of amides is 2. The fourth-order valence-electron chi connectivity index (χ4n) is 2.65. The molecule has 1 heterocycles. The summed E-state index contributed by atoms with van der Waals surface area (Å²) in [6.07, 6.45) is 0.796. The lowest BCUT2D eigenvalue weighted by atomic mass is 10.1. The number of fused-ring (bicyclic) bond motifs is 1. The van der Waals surface area contributed by atoms with Crippen LogP contribution in [0.25, 0.3) is 0 Å². The van der Waals surface area contributed by atoms with E-state index in [1.807, 2.05) is 12.1 Å². The Morgan fingerprint density at radius 3 is 2.68 bits per heavy atom. The van der Waals surface area contributed by atoms with Crippen molar-refractivity contribution in [3.8, 4) is 0 Å². The van der Waals surface area contributed by atoms with Crippen LogP contribution in [0.15, 0.2) is 42.5 Å². The third-order valence-electron chi connectivity index (χ3n) is 3.73. The zero-order chi connectivity index (χ0) is 15.7. The molecule has 5 heteroatoms. The maximum absolute atomic E-state index is 12.2. The zero-order valence-electron chi connectivity index (χ0n) is 12.1. The molecule has 0 atom stereocenters. The van der Waals surface area contributed by atoms with Gasteiger partial charge in [0.25, 0.3) is 5.91 Å². The highest BCUT2D eigenvalue weighted by atomic mass is 35.5. The largest absolute Gasteiger partial charge is 0.322 e. The van der Waals surface area contributed by atoms with E-state index in [1.54, 1.807) is 42.2 Å². The summed E-state index contributed by atoms with van der Waals surface area (Å²) >= 11 is 6.03. The second-order valence-electron chi connectivity index (χ2n) is 5.20. The maximum atomic E-state index is 12.2. The predicted octanol–water partition coefficient (Wildman–Crippen LogP) is 3.50. The maximum Gasteiger partial charge on any atom is 0.257 e. The number of hydrogen-bond donors (Lipinski definition) is 1. The second-order valence-corrected chi connectivity index (χ2v) is 5.61. The molecule has 2 amide bonds. The molecular weight excluding hydrogens is 300 g/mol. The number of anilines is 2. The average Bonchev–Trinajstić information content (AvgIpc) is 2.91. The highest BCUT2D eigenvalue weighted by molar-refractivity contribution is 6.34. The van der Waals surface area contributed by atoms with Crippen LogP contribution in [0.2, 0.25) is 5.02 Å². The van der Waals surface area contributed by atoms with Gasteiger partial charge in [0.1, 0.15) is 0 Å². The molecule has 0 radical (unpaired) electrons. The standard InChI is InChI=1S/C17H15ClN2O2/c1-11(21)20-9-8-12-10-13(6-7-16(12)20)19-17(22)14-4-2-3-5-15(14)18/h2-7,10H,8-9H2,1H3,(H,19,22). The monoisotopic (exact) mass is 314 g/mol. The molecule has 0 saturated heterocycles. The van der Waals surface area contributed by atoms with Crippen LogP contribution in [0.3, 0.4) is 0 Å². The molecule has 112 valence electrons. The molecule has 0 fully saturated rings. The number of benzene rings is 2. The van der Waals surface area contributed by atoms with Crippen molar-refractivity contribution >= 4 is 34.8 Å². The fourth-order valence-corrected chi connectivity index (χ4v) is 2.87. The number of carbonyl (C=O) groups excluding carboxylic acids is 2. The number of hydrogen-bond acceptors (Lipinski definition) is 2. The zero-order valence-corrected chi connectivity index (χ0v) is 12.9. The van der Waals surface area contributed by atoms with Crippen molar-refractivity contribution in [3.05, 3.63) is 58.6 Å². The van der Waals surface area contributed by atoms with Crippen LogP contribution in [-0.2, 0) is 11.2 Å². The minimum Gasteiger partial charge on any atom is -0.322 e. The molecule has 1 aliphatic rings. The molecule has 0 aromatic heterocycles. The summed E-state index contributed by atoms with van der Waals surface area (Å²) in [6.45, 7) is 2.24. The summed E-state index contributed by atoms with van der Waals surface area (Å²) in [5.74, 6) is -0.210. The van der Waals surface area contributed by atoms with Gasteiger partial charge in [0.05, 0.1) is 10.6 Å². The van der Waals surface area contributed by atoms with Crippen molar-refractivity contribution in [1.82, 2.24) is 0 Å². The third-order valence-corrected chi connectivity index (χ3v) is 4.06. The van der Waals surface area contributed by atoms with Crippen molar-refractivity contribution in [1.29, 1.82) is 0 Å². The summed E-state index contributed by atoms with van der Waals surface area (Å²) in [6, 6.07) is 12.5. The van der Waals surface area contributed by atoms with Gasteiger partial charge >= 0.3 is 0 Å². The van der Waals surface area contributed by atoms with E-state index < -0.39 is 0 Å². The number of nitrogens with zero attached hydrogens (tertiary/aromatic N) is 1. The Morgan fingerprint density at radius 2 is 1.95 bits per heavy atom. The van der Waals surface area contributed by atoms with Crippen molar-refractivity contribution in [3.63, 3.8) is 0 Å². The van der Waals surface area contributed by atoms with Gasteiger partial charge in [-0.3, -0.25) is 9.59 Å². The normalized spacial score (nSPS) is 12.9. The molecule has 0 bridgehead atoms. The second kappa shape index (κ2) is 5.81. The Balaban J connectivity index is 1.82. The summed E-state index contributed by atoms with van der Waals surface area (Å²) in [4.78, 5) is 25.5. The smallest absolute Gasteiger partial charge is 0.257 e. The van der Waals surface area contributed by atoms with E-state index in [0.29, 0.717) is 22.8 Å². The first-order chi connectivity index (χ1) is 10.6. The van der Waals surface area contributed by atoms with Crippen LogP contribution >= 0.6 is 11.6 Å². The summed E-state index contributed by atoms with van der Waals surface area (Å²) in [5.41, 5.74) is 3.12. The van der Waals surface area contributed by atoms with Crippen molar-refractivity contribution in [2.45, 2.75) is 13.3 Å². The summed E-state index contributed by atoms with van der Waals surface area (Å²) < 4.78 is 0. The van der Waals surface area contributed by atoms with Gasteiger partial charge in [0.15, 0.2) is 0 Å². The number of rotatable bonds is 2. The number of halogens is 1. The Labute approximate surface area is 133 Å².